The van der Waals surface area contributed by atoms with Gasteiger partial charge in [-0.05, 0) is 12.5 Å². The largest absolute Gasteiger partial charge is 0.467 e. The molecule has 0 fully saturated rings. The van der Waals surface area contributed by atoms with Crippen LogP contribution in [0.3, 0.4) is 0 Å². The molecule has 1 aliphatic rings. The van der Waals surface area contributed by atoms with Gasteiger partial charge in [-0.1, -0.05) is 24.3 Å². The summed E-state index contributed by atoms with van der Waals surface area (Å²) in [5.74, 6) is -0.952. The zero-order valence-corrected chi connectivity index (χ0v) is 12.1. The number of rotatable bonds is 7. The molecular formula is C16H20O5. The van der Waals surface area contributed by atoms with Crippen molar-refractivity contribution in [3.05, 3.63) is 42.5 Å². The van der Waals surface area contributed by atoms with Crippen molar-refractivity contribution in [1.82, 2.24) is 0 Å². The predicted octanol–water partition coefficient (Wildman–Crippen LogP) is 2.01. The van der Waals surface area contributed by atoms with Gasteiger partial charge in [0.05, 0.1) is 13.0 Å². The Morgan fingerprint density at radius 2 is 2.29 bits per heavy atom. The van der Waals surface area contributed by atoms with Crippen LogP contribution in [0.15, 0.2) is 36.9 Å². The molecule has 0 aliphatic carbocycles. The fourth-order valence-electron chi connectivity index (χ4n) is 2.67. The van der Waals surface area contributed by atoms with Gasteiger partial charge in [-0.2, -0.15) is 0 Å². The van der Waals surface area contributed by atoms with Crippen molar-refractivity contribution in [2.75, 3.05) is 20.3 Å². The van der Waals surface area contributed by atoms with Crippen LogP contribution in [0.2, 0.25) is 0 Å². The first-order valence-electron chi connectivity index (χ1n) is 6.87. The Bertz CT molecular complexity index is 513. The van der Waals surface area contributed by atoms with Crippen LogP contribution in [0, 0.1) is 0 Å². The second-order valence-electron chi connectivity index (χ2n) is 4.87. The second-order valence-corrected chi connectivity index (χ2v) is 4.87. The summed E-state index contributed by atoms with van der Waals surface area (Å²) >= 11 is 0. The Morgan fingerprint density at radius 1 is 1.52 bits per heavy atom. The molecule has 1 aromatic rings. The minimum Gasteiger partial charge on any atom is -0.467 e. The number of para-hydroxylation sites is 1. The van der Waals surface area contributed by atoms with E-state index < -0.39 is 11.8 Å². The van der Waals surface area contributed by atoms with Gasteiger partial charge in [-0.15, -0.1) is 6.58 Å². The molecule has 1 heterocycles. The van der Waals surface area contributed by atoms with Crippen LogP contribution in [0.4, 0.5) is 0 Å². The van der Waals surface area contributed by atoms with Crippen molar-refractivity contribution >= 4 is 5.97 Å². The van der Waals surface area contributed by atoms with E-state index >= 15 is 0 Å². The molecule has 0 bridgehead atoms. The van der Waals surface area contributed by atoms with Gasteiger partial charge in [0.15, 0.2) is 0 Å². The summed E-state index contributed by atoms with van der Waals surface area (Å²) in [6.45, 7) is 3.53. The number of carbonyl (C=O) groups excluding carboxylic acids is 1. The molecule has 114 valence electrons. The van der Waals surface area contributed by atoms with Gasteiger partial charge in [0.25, 0.3) is 0 Å². The fraction of sp³-hybridized carbons (Fsp3) is 0.438. The highest BCUT2D eigenvalue weighted by atomic mass is 16.7. The lowest BCUT2D eigenvalue weighted by Gasteiger charge is -2.33. The average Bonchev–Trinajstić information content (AvgIpc) is 2.80. The molecule has 0 radical (unpaired) electrons. The molecule has 5 nitrogen and oxygen atoms in total. The molecule has 1 aliphatic heterocycles. The van der Waals surface area contributed by atoms with Gasteiger partial charge in [0, 0.05) is 18.6 Å². The average molecular weight is 292 g/mol. The van der Waals surface area contributed by atoms with Crippen molar-refractivity contribution in [2.45, 2.75) is 24.5 Å². The molecule has 2 unspecified atom stereocenters. The van der Waals surface area contributed by atoms with E-state index in [0.717, 1.165) is 5.56 Å². The molecule has 0 saturated heterocycles. The Labute approximate surface area is 124 Å². The van der Waals surface area contributed by atoms with E-state index in [0.29, 0.717) is 18.6 Å². The van der Waals surface area contributed by atoms with Gasteiger partial charge >= 0.3 is 5.97 Å². The third-order valence-electron chi connectivity index (χ3n) is 3.62. The van der Waals surface area contributed by atoms with Crippen LogP contribution < -0.4 is 4.74 Å². The third kappa shape index (κ3) is 3.09. The summed E-state index contributed by atoms with van der Waals surface area (Å²) in [4.78, 5) is 11.4. The molecule has 0 spiro atoms. The van der Waals surface area contributed by atoms with Crippen molar-refractivity contribution < 1.29 is 24.1 Å². The zero-order chi connectivity index (χ0) is 15.3. The maximum absolute atomic E-state index is 11.4. The molecule has 0 saturated carbocycles. The highest BCUT2D eigenvalue weighted by Gasteiger charge is 2.48. The fourth-order valence-corrected chi connectivity index (χ4v) is 2.67. The van der Waals surface area contributed by atoms with Gasteiger partial charge < -0.3 is 19.3 Å². The first-order valence-corrected chi connectivity index (χ1v) is 6.87. The number of aliphatic hydroxyl groups excluding tert-OH is 1. The smallest absolute Gasteiger partial charge is 0.331 e. The number of benzene rings is 1. The van der Waals surface area contributed by atoms with E-state index in [2.05, 4.69) is 11.3 Å². The highest BCUT2D eigenvalue weighted by molar-refractivity contribution is 5.70. The first kappa shape index (κ1) is 15.5. The van der Waals surface area contributed by atoms with Crippen molar-refractivity contribution in [1.29, 1.82) is 0 Å². The van der Waals surface area contributed by atoms with E-state index in [4.69, 9.17) is 9.47 Å². The summed E-state index contributed by atoms with van der Waals surface area (Å²) in [7, 11) is 1.31. The molecule has 2 atom stereocenters. The summed E-state index contributed by atoms with van der Waals surface area (Å²) in [5, 5.41) is 9.35. The maximum atomic E-state index is 11.4. The van der Waals surface area contributed by atoms with Crippen LogP contribution >= 0.6 is 0 Å². The van der Waals surface area contributed by atoms with Gasteiger partial charge in [0.2, 0.25) is 5.79 Å². The van der Waals surface area contributed by atoms with Gasteiger partial charge in [-0.25, -0.2) is 4.79 Å². The molecule has 5 heteroatoms. The predicted molar refractivity (Wildman–Crippen MR) is 77.0 cm³/mol. The number of methoxy groups -OCH3 is 1. The van der Waals surface area contributed by atoms with Crippen LogP contribution in [-0.4, -0.2) is 37.2 Å². The topological polar surface area (TPSA) is 65.0 Å². The monoisotopic (exact) mass is 292 g/mol. The Hall–Kier alpha value is -1.85. The summed E-state index contributed by atoms with van der Waals surface area (Å²) in [6.07, 6.45) is 2.57. The number of fused-ring (bicyclic) bond motifs is 1. The number of aliphatic hydroxyl groups is 1. The second kappa shape index (κ2) is 6.74. The summed E-state index contributed by atoms with van der Waals surface area (Å²) in [5.41, 5.74) is 0.971. The lowest BCUT2D eigenvalue weighted by atomic mass is 9.88. The first-order chi connectivity index (χ1) is 10.2. The number of hydrogen-bond donors (Lipinski definition) is 1. The van der Waals surface area contributed by atoms with Crippen molar-refractivity contribution in [3.63, 3.8) is 0 Å². The van der Waals surface area contributed by atoms with Crippen LogP contribution in [0.25, 0.3) is 0 Å². The molecule has 0 aromatic heterocycles. The molecule has 0 amide bonds. The third-order valence-corrected chi connectivity index (χ3v) is 3.62. The normalized spacial score (nSPS) is 23.2. The number of carbonyl (C=O) groups is 1. The van der Waals surface area contributed by atoms with E-state index in [-0.39, 0.29) is 19.1 Å². The standard InChI is InChI=1S/C16H20O5/c1-3-9-16(20-11-15(18)19-2)13(8-10-17)12-6-4-5-7-14(12)21-16/h3-7,13,17H,1,8-11H2,2H3. The van der Waals surface area contributed by atoms with Crippen LogP contribution in [0.1, 0.15) is 24.3 Å². The number of hydrogen-bond acceptors (Lipinski definition) is 5. The SMILES string of the molecule is C=CCC1(OCC(=O)OC)Oc2ccccc2C1CCO. The Balaban J connectivity index is 2.30. The van der Waals surface area contributed by atoms with Gasteiger partial charge in [-0.3, -0.25) is 0 Å². The molecule has 2 rings (SSSR count). The summed E-state index contributed by atoms with van der Waals surface area (Å²) < 4.78 is 16.3. The minimum absolute atomic E-state index is 0.00282. The highest BCUT2D eigenvalue weighted by Crippen LogP contribution is 2.48. The number of esters is 1. The van der Waals surface area contributed by atoms with E-state index in [1.807, 2.05) is 24.3 Å². The Kier molecular flexibility index (Phi) is 4.98. The molecule has 1 N–H and O–H groups in total. The van der Waals surface area contributed by atoms with Crippen molar-refractivity contribution in [2.24, 2.45) is 0 Å². The van der Waals surface area contributed by atoms with E-state index in [1.165, 1.54) is 7.11 Å². The van der Waals surface area contributed by atoms with Crippen molar-refractivity contribution in [3.8, 4) is 5.75 Å². The van der Waals surface area contributed by atoms with Gasteiger partial charge in [0.1, 0.15) is 12.4 Å². The number of ether oxygens (including phenoxy) is 3. The molecule has 21 heavy (non-hydrogen) atoms. The minimum atomic E-state index is -1.03. The maximum Gasteiger partial charge on any atom is 0.331 e. The lowest BCUT2D eigenvalue weighted by molar-refractivity contribution is -0.197. The van der Waals surface area contributed by atoms with E-state index in [9.17, 15) is 9.90 Å². The zero-order valence-electron chi connectivity index (χ0n) is 12.1. The lowest BCUT2D eigenvalue weighted by Crippen LogP contribution is -2.42. The molecule has 1 aromatic carbocycles. The molecular weight excluding hydrogens is 272 g/mol. The Morgan fingerprint density at radius 3 is 2.95 bits per heavy atom. The quantitative estimate of drug-likeness (QED) is 0.615. The van der Waals surface area contributed by atoms with Crippen LogP contribution in [0.5, 0.6) is 5.75 Å². The van der Waals surface area contributed by atoms with E-state index in [1.54, 1.807) is 6.08 Å². The van der Waals surface area contributed by atoms with Crippen LogP contribution in [-0.2, 0) is 14.3 Å². The summed E-state index contributed by atoms with van der Waals surface area (Å²) in [6, 6.07) is 7.59.